The van der Waals surface area contributed by atoms with Crippen LogP contribution >= 0.6 is 0 Å². The molecule has 4 fully saturated rings. The Balaban J connectivity index is 1.69. The Morgan fingerprint density at radius 3 is 2.07 bits per heavy atom. The summed E-state index contributed by atoms with van der Waals surface area (Å²) in [6.45, 7) is 2.05. The largest absolute Gasteiger partial charge is 0.379 e. The summed E-state index contributed by atoms with van der Waals surface area (Å²) in [6.07, 6.45) is 7.80. The van der Waals surface area contributed by atoms with Gasteiger partial charge in [-0.2, -0.15) is 0 Å². The maximum atomic E-state index is 9.73. The molecule has 86 valence electrons. The van der Waals surface area contributed by atoms with Gasteiger partial charge < -0.3 is 5.11 Å². The van der Waals surface area contributed by atoms with E-state index in [2.05, 4.69) is 5.32 Å². The highest BCUT2D eigenvalue weighted by Crippen LogP contribution is 2.53. The van der Waals surface area contributed by atoms with Crippen LogP contribution in [0.2, 0.25) is 0 Å². The SMILES string of the molecule is CCC(O)NC1C2CC3CC(C2)CC1C3. The second kappa shape index (κ2) is 3.74. The Morgan fingerprint density at radius 1 is 1.07 bits per heavy atom. The number of rotatable bonds is 3. The van der Waals surface area contributed by atoms with Crippen LogP contribution in [0.1, 0.15) is 45.4 Å². The summed E-state index contributed by atoms with van der Waals surface area (Å²) in [5.74, 6) is 3.82. The predicted octanol–water partition coefficient (Wildman–Crippen LogP) is 2.13. The molecule has 2 nitrogen and oxygen atoms in total. The third kappa shape index (κ3) is 1.72. The van der Waals surface area contributed by atoms with Crippen LogP contribution in [-0.2, 0) is 0 Å². The van der Waals surface area contributed by atoms with Crippen LogP contribution in [0.4, 0.5) is 0 Å². The van der Waals surface area contributed by atoms with Crippen LogP contribution in [0.15, 0.2) is 0 Å². The second-order valence-electron chi connectivity index (χ2n) is 6.05. The van der Waals surface area contributed by atoms with Gasteiger partial charge in [0.1, 0.15) is 6.23 Å². The number of aliphatic hydroxyl groups excluding tert-OH is 1. The normalized spacial score (nSPS) is 49.6. The molecule has 2 heteroatoms. The van der Waals surface area contributed by atoms with Gasteiger partial charge in [-0.25, -0.2) is 0 Å². The van der Waals surface area contributed by atoms with E-state index in [9.17, 15) is 5.11 Å². The summed E-state index contributed by atoms with van der Waals surface area (Å²) in [6, 6.07) is 0.632. The van der Waals surface area contributed by atoms with Gasteiger partial charge in [0.15, 0.2) is 0 Å². The van der Waals surface area contributed by atoms with Crippen LogP contribution in [0, 0.1) is 23.7 Å². The van der Waals surface area contributed by atoms with Crippen molar-refractivity contribution in [1.82, 2.24) is 5.32 Å². The molecule has 0 heterocycles. The number of aliphatic hydroxyl groups is 1. The van der Waals surface area contributed by atoms with Gasteiger partial charge in [-0.15, -0.1) is 0 Å². The van der Waals surface area contributed by atoms with Crippen molar-refractivity contribution in [2.24, 2.45) is 23.7 Å². The van der Waals surface area contributed by atoms with Gasteiger partial charge in [-0.3, -0.25) is 5.32 Å². The van der Waals surface area contributed by atoms with E-state index in [1.54, 1.807) is 0 Å². The molecule has 1 atom stereocenters. The molecular formula is C13H23NO. The van der Waals surface area contributed by atoms with Gasteiger partial charge in [-0.05, 0) is 62.2 Å². The molecule has 4 saturated carbocycles. The maximum absolute atomic E-state index is 9.73. The minimum absolute atomic E-state index is 0.271. The molecule has 4 rings (SSSR count). The smallest absolute Gasteiger partial charge is 0.104 e. The molecular weight excluding hydrogens is 186 g/mol. The fourth-order valence-corrected chi connectivity index (χ4v) is 4.54. The first-order valence-corrected chi connectivity index (χ1v) is 6.70. The van der Waals surface area contributed by atoms with E-state index in [0.717, 1.165) is 30.1 Å². The first kappa shape index (κ1) is 10.1. The zero-order valence-corrected chi connectivity index (χ0v) is 9.65. The summed E-state index contributed by atoms with van der Waals surface area (Å²) < 4.78 is 0. The molecule has 2 N–H and O–H groups in total. The van der Waals surface area contributed by atoms with E-state index >= 15 is 0 Å². The Hall–Kier alpha value is -0.0800. The zero-order valence-electron chi connectivity index (χ0n) is 9.65. The maximum Gasteiger partial charge on any atom is 0.104 e. The first-order valence-electron chi connectivity index (χ1n) is 6.70. The molecule has 0 amide bonds. The summed E-state index contributed by atoms with van der Waals surface area (Å²) in [4.78, 5) is 0. The molecule has 0 aromatic rings. The summed E-state index contributed by atoms with van der Waals surface area (Å²) in [5, 5.41) is 13.2. The topological polar surface area (TPSA) is 32.3 Å². The van der Waals surface area contributed by atoms with Crippen molar-refractivity contribution >= 4 is 0 Å². The Labute approximate surface area is 92.4 Å². The third-order valence-electron chi connectivity index (χ3n) is 5.00. The quantitative estimate of drug-likeness (QED) is 0.698. The van der Waals surface area contributed by atoms with Crippen molar-refractivity contribution in [3.8, 4) is 0 Å². The molecule has 4 aliphatic carbocycles. The van der Waals surface area contributed by atoms with Gasteiger partial charge in [0.05, 0.1) is 0 Å². The number of hydrogen-bond donors (Lipinski definition) is 2. The number of hydrogen-bond acceptors (Lipinski definition) is 2. The highest BCUT2D eigenvalue weighted by atomic mass is 16.3. The first-order chi connectivity index (χ1) is 7.26. The molecule has 1 unspecified atom stereocenters. The van der Waals surface area contributed by atoms with E-state index in [-0.39, 0.29) is 6.23 Å². The van der Waals surface area contributed by atoms with E-state index in [4.69, 9.17) is 0 Å². The second-order valence-corrected chi connectivity index (χ2v) is 6.05. The lowest BCUT2D eigenvalue weighted by Gasteiger charge is -2.55. The highest BCUT2D eigenvalue weighted by molar-refractivity contribution is 5.01. The van der Waals surface area contributed by atoms with Crippen LogP contribution < -0.4 is 5.32 Å². The average Bonchev–Trinajstić information content (AvgIpc) is 2.22. The summed E-state index contributed by atoms with van der Waals surface area (Å²) >= 11 is 0. The van der Waals surface area contributed by atoms with Gasteiger partial charge in [0.2, 0.25) is 0 Å². The number of nitrogens with one attached hydrogen (secondary N) is 1. The minimum Gasteiger partial charge on any atom is -0.379 e. The molecule has 0 spiro atoms. The van der Waals surface area contributed by atoms with Gasteiger partial charge in [-0.1, -0.05) is 6.92 Å². The Kier molecular flexibility index (Phi) is 2.52. The van der Waals surface area contributed by atoms with Crippen molar-refractivity contribution in [3.63, 3.8) is 0 Å². The molecule has 0 saturated heterocycles. The minimum atomic E-state index is -0.271. The Morgan fingerprint density at radius 2 is 1.60 bits per heavy atom. The van der Waals surface area contributed by atoms with Crippen LogP contribution in [0.25, 0.3) is 0 Å². The summed E-state index contributed by atoms with van der Waals surface area (Å²) in [7, 11) is 0. The highest BCUT2D eigenvalue weighted by Gasteiger charge is 2.48. The molecule has 15 heavy (non-hydrogen) atoms. The van der Waals surface area contributed by atoms with Crippen LogP contribution in [0.3, 0.4) is 0 Å². The van der Waals surface area contributed by atoms with E-state index in [1.807, 2.05) is 6.92 Å². The summed E-state index contributed by atoms with van der Waals surface area (Å²) in [5.41, 5.74) is 0. The molecule has 0 aliphatic heterocycles. The van der Waals surface area contributed by atoms with Crippen molar-refractivity contribution < 1.29 is 5.11 Å². The van der Waals surface area contributed by atoms with Crippen LogP contribution in [0.5, 0.6) is 0 Å². The molecule has 0 radical (unpaired) electrons. The Bertz CT molecular complexity index is 213. The van der Waals surface area contributed by atoms with Gasteiger partial charge in [0.25, 0.3) is 0 Å². The standard InChI is InChI=1S/C13H23NO/c1-2-12(15)14-13-10-4-8-3-9(6-10)7-11(13)5-8/h8-15H,2-7H2,1H3. The van der Waals surface area contributed by atoms with Gasteiger partial charge in [0, 0.05) is 6.04 Å². The fourth-order valence-electron chi connectivity index (χ4n) is 4.54. The lowest BCUT2D eigenvalue weighted by atomic mass is 9.54. The van der Waals surface area contributed by atoms with Crippen molar-refractivity contribution in [1.29, 1.82) is 0 Å². The van der Waals surface area contributed by atoms with E-state index in [0.29, 0.717) is 6.04 Å². The van der Waals surface area contributed by atoms with E-state index in [1.165, 1.54) is 32.1 Å². The van der Waals surface area contributed by atoms with Crippen LogP contribution in [-0.4, -0.2) is 17.4 Å². The van der Waals surface area contributed by atoms with Crippen molar-refractivity contribution in [2.75, 3.05) is 0 Å². The zero-order chi connectivity index (χ0) is 10.4. The molecule has 4 bridgehead atoms. The lowest BCUT2D eigenvalue weighted by Crippen LogP contribution is -2.56. The van der Waals surface area contributed by atoms with E-state index < -0.39 is 0 Å². The van der Waals surface area contributed by atoms with Gasteiger partial charge >= 0.3 is 0 Å². The third-order valence-corrected chi connectivity index (χ3v) is 5.00. The lowest BCUT2D eigenvalue weighted by molar-refractivity contribution is -0.0358. The monoisotopic (exact) mass is 209 g/mol. The predicted molar refractivity (Wildman–Crippen MR) is 60.3 cm³/mol. The molecule has 0 aromatic heterocycles. The molecule has 4 aliphatic rings. The fraction of sp³-hybridized carbons (Fsp3) is 1.00. The van der Waals surface area contributed by atoms with Crippen molar-refractivity contribution in [3.05, 3.63) is 0 Å². The molecule has 0 aromatic carbocycles. The van der Waals surface area contributed by atoms with Crippen molar-refractivity contribution in [2.45, 2.75) is 57.7 Å². The average molecular weight is 209 g/mol.